The second-order valence-corrected chi connectivity index (χ2v) is 5.46. The van der Waals surface area contributed by atoms with Crippen molar-refractivity contribution in [2.75, 3.05) is 7.11 Å². The molecule has 0 aromatic carbocycles. The second kappa shape index (κ2) is 5.70. The maximum absolute atomic E-state index is 6.33. The molecule has 1 fully saturated rings. The van der Waals surface area contributed by atoms with E-state index < -0.39 is 0 Å². The minimum atomic E-state index is 0.242. The van der Waals surface area contributed by atoms with Crippen LogP contribution in [-0.4, -0.2) is 18.1 Å². The predicted molar refractivity (Wildman–Crippen MR) is 73.9 cm³/mol. The highest BCUT2D eigenvalue weighted by Gasteiger charge is 2.23. The lowest BCUT2D eigenvalue weighted by Crippen LogP contribution is -2.31. The number of rotatable bonds is 4. The number of nitrogens with two attached hydrogens (primary N) is 1. The van der Waals surface area contributed by atoms with Gasteiger partial charge in [-0.3, -0.25) is 4.98 Å². The van der Waals surface area contributed by atoms with Crippen LogP contribution >= 0.6 is 0 Å². The molecule has 3 heteroatoms. The van der Waals surface area contributed by atoms with E-state index in [2.05, 4.69) is 11.9 Å². The molecule has 1 aliphatic rings. The van der Waals surface area contributed by atoms with Crippen molar-refractivity contribution in [2.24, 2.45) is 11.7 Å². The number of nitrogens with zero attached hydrogens (tertiary/aromatic N) is 1. The summed E-state index contributed by atoms with van der Waals surface area (Å²) in [6.45, 7) is 4.11. The van der Waals surface area contributed by atoms with E-state index in [-0.39, 0.29) is 6.04 Å². The highest BCUT2D eigenvalue weighted by atomic mass is 16.5. The van der Waals surface area contributed by atoms with Crippen LogP contribution in [-0.2, 0) is 6.42 Å². The lowest BCUT2D eigenvalue weighted by molar-refractivity contribution is 0.402. The van der Waals surface area contributed by atoms with Crippen molar-refractivity contribution in [3.8, 4) is 5.75 Å². The predicted octanol–water partition coefficient (Wildman–Crippen LogP) is 2.77. The number of aryl methyl sites for hydroxylation is 1. The number of hydrogen-bond donors (Lipinski definition) is 1. The summed E-state index contributed by atoms with van der Waals surface area (Å²) in [7, 11) is 1.72. The summed E-state index contributed by atoms with van der Waals surface area (Å²) < 4.78 is 5.44. The molecule has 0 aliphatic heterocycles. The van der Waals surface area contributed by atoms with Crippen molar-refractivity contribution in [2.45, 2.75) is 52.0 Å². The van der Waals surface area contributed by atoms with Gasteiger partial charge in [0.1, 0.15) is 5.75 Å². The standard InChI is InChI=1S/C15H24N2O/c1-10-9-17-14(11(2)15(10)18-3)8-13(16)12-6-4-5-7-12/h9,12-13H,4-8,16H2,1-3H3. The zero-order valence-corrected chi connectivity index (χ0v) is 11.7. The van der Waals surface area contributed by atoms with Gasteiger partial charge in [0.15, 0.2) is 0 Å². The van der Waals surface area contributed by atoms with E-state index in [9.17, 15) is 0 Å². The molecule has 1 saturated carbocycles. The third-order valence-electron chi connectivity index (χ3n) is 4.18. The van der Waals surface area contributed by atoms with Crippen LogP contribution < -0.4 is 10.5 Å². The third-order valence-corrected chi connectivity index (χ3v) is 4.18. The summed E-state index contributed by atoms with van der Waals surface area (Å²) in [5, 5.41) is 0. The van der Waals surface area contributed by atoms with Crippen molar-refractivity contribution in [1.29, 1.82) is 0 Å². The minimum absolute atomic E-state index is 0.242. The first kappa shape index (κ1) is 13.3. The van der Waals surface area contributed by atoms with Gasteiger partial charge in [-0.1, -0.05) is 12.8 Å². The minimum Gasteiger partial charge on any atom is -0.496 e. The van der Waals surface area contributed by atoms with Crippen LogP contribution in [0.2, 0.25) is 0 Å². The molecule has 2 N–H and O–H groups in total. The molecule has 0 bridgehead atoms. The van der Waals surface area contributed by atoms with Crippen LogP contribution in [0.1, 0.15) is 42.5 Å². The maximum atomic E-state index is 6.33. The van der Waals surface area contributed by atoms with Crippen LogP contribution in [0, 0.1) is 19.8 Å². The molecule has 0 saturated heterocycles. The Labute approximate surface area is 110 Å². The summed E-state index contributed by atoms with van der Waals surface area (Å²) in [4.78, 5) is 4.54. The fraction of sp³-hybridized carbons (Fsp3) is 0.667. The normalized spacial score (nSPS) is 18.0. The van der Waals surface area contributed by atoms with E-state index in [1.165, 1.54) is 25.7 Å². The highest BCUT2D eigenvalue weighted by Crippen LogP contribution is 2.30. The Morgan fingerprint density at radius 3 is 2.67 bits per heavy atom. The van der Waals surface area contributed by atoms with Crippen LogP contribution in [0.15, 0.2) is 6.20 Å². The highest BCUT2D eigenvalue weighted by molar-refractivity contribution is 5.41. The van der Waals surface area contributed by atoms with E-state index in [1.807, 2.05) is 13.1 Å². The molecular formula is C15H24N2O. The zero-order valence-electron chi connectivity index (χ0n) is 11.7. The third kappa shape index (κ3) is 2.66. The lowest BCUT2D eigenvalue weighted by Gasteiger charge is -2.20. The molecule has 0 radical (unpaired) electrons. The topological polar surface area (TPSA) is 48.1 Å². The largest absolute Gasteiger partial charge is 0.496 e. The molecule has 1 heterocycles. The fourth-order valence-electron chi connectivity index (χ4n) is 3.05. The first-order chi connectivity index (χ1) is 8.63. The lowest BCUT2D eigenvalue weighted by atomic mass is 9.93. The van der Waals surface area contributed by atoms with E-state index in [0.29, 0.717) is 5.92 Å². The maximum Gasteiger partial charge on any atom is 0.128 e. The molecule has 2 rings (SSSR count). The molecule has 0 amide bonds. The van der Waals surface area contributed by atoms with Gasteiger partial charge in [-0.2, -0.15) is 0 Å². The Balaban J connectivity index is 2.13. The van der Waals surface area contributed by atoms with Gasteiger partial charge in [0, 0.05) is 35.5 Å². The Hall–Kier alpha value is -1.09. The quantitative estimate of drug-likeness (QED) is 0.891. The summed E-state index contributed by atoms with van der Waals surface area (Å²) in [6.07, 6.45) is 7.99. The van der Waals surface area contributed by atoms with E-state index >= 15 is 0 Å². The van der Waals surface area contributed by atoms with Crippen LogP contribution in [0.3, 0.4) is 0 Å². The van der Waals surface area contributed by atoms with Gasteiger partial charge < -0.3 is 10.5 Å². The average molecular weight is 248 g/mol. The van der Waals surface area contributed by atoms with Gasteiger partial charge in [-0.15, -0.1) is 0 Å². The number of aromatic nitrogens is 1. The molecule has 1 aromatic heterocycles. The van der Waals surface area contributed by atoms with Crippen molar-refractivity contribution in [1.82, 2.24) is 4.98 Å². The van der Waals surface area contributed by atoms with Gasteiger partial charge in [0.05, 0.1) is 7.11 Å². The van der Waals surface area contributed by atoms with Gasteiger partial charge in [-0.25, -0.2) is 0 Å². The number of hydrogen-bond acceptors (Lipinski definition) is 3. The van der Waals surface area contributed by atoms with Crippen molar-refractivity contribution in [3.63, 3.8) is 0 Å². The molecule has 1 unspecified atom stereocenters. The Morgan fingerprint density at radius 2 is 2.06 bits per heavy atom. The van der Waals surface area contributed by atoms with Gasteiger partial charge in [-0.05, 0) is 32.6 Å². The molecule has 1 aliphatic carbocycles. The van der Waals surface area contributed by atoms with Crippen molar-refractivity contribution >= 4 is 0 Å². The smallest absolute Gasteiger partial charge is 0.128 e. The zero-order chi connectivity index (χ0) is 13.1. The average Bonchev–Trinajstić information content (AvgIpc) is 2.87. The Morgan fingerprint density at radius 1 is 1.39 bits per heavy atom. The van der Waals surface area contributed by atoms with Crippen LogP contribution in [0.4, 0.5) is 0 Å². The molecule has 3 nitrogen and oxygen atoms in total. The molecule has 1 aromatic rings. The summed E-state index contributed by atoms with van der Waals surface area (Å²) in [6, 6.07) is 0.242. The van der Waals surface area contributed by atoms with E-state index in [0.717, 1.165) is 29.0 Å². The van der Waals surface area contributed by atoms with Gasteiger partial charge in [0.25, 0.3) is 0 Å². The van der Waals surface area contributed by atoms with Crippen molar-refractivity contribution in [3.05, 3.63) is 23.0 Å². The first-order valence-electron chi connectivity index (χ1n) is 6.88. The summed E-state index contributed by atoms with van der Waals surface area (Å²) >= 11 is 0. The number of pyridine rings is 1. The van der Waals surface area contributed by atoms with Gasteiger partial charge in [0.2, 0.25) is 0 Å². The number of ether oxygens (including phenoxy) is 1. The number of methoxy groups -OCH3 is 1. The Kier molecular flexibility index (Phi) is 4.23. The van der Waals surface area contributed by atoms with Gasteiger partial charge >= 0.3 is 0 Å². The van der Waals surface area contributed by atoms with Crippen LogP contribution in [0.25, 0.3) is 0 Å². The van der Waals surface area contributed by atoms with Crippen molar-refractivity contribution < 1.29 is 4.74 Å². The Bertz CT molecular complexity index is 411. The monoisotopic (exact) mass is 248 g/mol. The first-order valence-corrected chi connectivity index (χ1v) is 6.88. The molecule has 18 heavy (non-hydrogen) atoms. The van der Waals surface area contributed by atoms with E-state index in [4.69, 9.17) is 10.5 Å². The molecule has 1 atom stereocenters. The summed E-state index contributed by atoms with van der Waals surface area (Å²) in [5.74, 6) is 1.64. The fourth-order valence-corrected chi connectivity index (χ4v) is 3.05. The molecular weight excluding hydrogens is 224 g/mol. The van der Waals surface area contributed by atoms with Crippen LogP contribution in [0.5, 0.6) is 5.75 Å². The SMILES string of the molecule is COc1c(C)cnc(CC(N)C2CCCC2)c1C. The second-order valence-electron chi connectivity index (χ2n) is 5.46. The summed E-state index contributed by atoms with van der Waals surface area (Å²) in [5.41, 5.74) is 9.66. The molecule has 100 valence electrons. The molecule has 0 spiro atoms. The van der Waals surface area contributed by atoms with E-state index in [1.54, 1.807) is 7.11 Å².